The van der Waals surface area contributed by atoms with E-state index in [2.05, 4.69) is 5.32 Å². The lowest BCUT2D eigenvalue weighted by atomic mass is 10.1. The molecule has 162 valence electrons. The van der Waals surface area contributed by atoms with Crippen LogP contribution in [0.1, 0.15) is 45.1 Å². The molecular formula is C21H33N3O4S. The molecule has 1 saturated heterocycles. The van der Waals surface area contributed by atoms with Gasteiger partial charge >= 0.3 is 6.03 Å². The molecule has 0 aliphatic carbocycles. The molecule has 2 rings (SSSR count). The second-order valence-electron chi connectivity index (χ2n) is 8.23. The van der Waals surface area contributed by atoms with E-state index in [1.54, 1.807) is 37.9 Å². The molecule has 1 heterocycles. The molecule has 2 atom stereocenters. The predicted octanol–water partition coefficient (Wildman–Crippen LogP) is 3.50. The van der Waals surface area contributed by atoms with Gasteiger partial charge in [0.1, 0.15) is 16.9 Å². The highest BCUT2D eigenvalue weighted by molar-refractivity contribution is 8.01. The molecule has 0 radical (unpaired) electrons. The predicted molar refractivity (Wildman–Crippen MR) is 117 cm³/mol. The van der Waals surface area contributed by atoms with Gasteiger partial charge in [0.25, 0.3) is 0 Å². The minimum atomic E-state index is -0.281. The van der Waals surface area contributed by atoms with Gasteiger partial charge in [-0.25, -0.2) is 4.79 Å². The first-order valence-electron chi connectivity index (χ1n) is 9.78. The van der Waals surface area contributed by atoms with Crippen molar-refractivity contribution in [3.05, 3.63) is 23.8 Å². The molecule has 3 amide bonds. The Kier molecular flexibility index (Phi) is 7.68. The van der Waals surface area contributed by atoms with E-state index in [-0.39, 0.29) is 28.1 Å². The fraction of sp³-hybridized carbons (Fsp3) is 0.619. The molecule has 1 N–H and O–H groups in total. The van der Waals surface area contributed by atoms with E-state index in [0.29, 0.717) is 19.5 Å². The van der Waals surface area contributed by atoms with Gasteiger partial charge in [-0.3, -0.25) is 4.79 Å². The summed E-state index contributed by atoms with van der Waals surface area (Å²) in [6.45, 7) is 8.90. The number of nitrogens with one attached hydrogen (secondary N) is 1. The van der Waals surface area contributed by atoms with Gasteiger partial charge in [-0.2, -0.15) is 0 Å². The van der Waals surface area contributed by atoms with Gasteiger partial charge in [-0.15, -0.1) is 11.8 Å². The number of ether oxygens (including phenoxy) is 2. The Morgan fingerprint density at radius 3 is 2.55 bits per heavy atom. The molecule has 0 saturated carbocycles. The molecule has 1 aromatic carbocycles. The van der Waals surface area contributed by atoms with Crippen LogP contribution in [-0.2, 0) is 4.79 Å². The fourth-order valence-corrected chi connectivity index (χ4v) is 4.50. The third kappa shape index (κ3) is 5.95. The molecular weight excluding hydrogens is 390 g/mol. The number of rotatable bonds is 7. The SMILES string of the molecule is COc1ccc(OC)c([C@H]2S[C@H](C)C(=O)N2CCCN(C)C(=O)NC(C)(C)C)c1. The van der Waals surface area contributed by atoms with E-state index in [0.717, 1.165) is 17.1 Å². The molecule has 0 bridgehead atoms. The Morgan fingerprint density at radius 1 is 1.28 bits per heavy atom. The maximum Gasteiger partial charge on any atom is 0.317 e. The lowest BCUT2D eigenvalue weighted by molar-refractivity contribution is -0.129. The molecule has 0 spiro atoms. The average Bonchev–Trinajstić information content (AvgIpc) is 2.94. The fourth-order valence-electron chi connectivity index (χ4n) is 3.17. The van der Waals surface area contributed by atoms with Crippen LogP contribution in [0.2, 0.25) is 0 Å². The van der Waals surface area contributed by atoms with Gasteiger partial charge in [0.15, 0.2) is 0 Å². The number of hydrogen-bond acceptors (Lipinski definition) is 5. The molecule has 1 aromatic rings. The van der Waals surface area contributed by atoms with Crippen LogP contribution in [0.3, 0.4) is 0 Å². The van der Waals surface area contributed by atoms with Gasteiger partial charge in [-0.05, 0) is 52.3 Å². The van der Waals surface area contributed by atoms with Crippen molar-refractivity contribution in [3.63, 3.8) is 0 Å². The Morgan fingerprint density at radius 2 is 1.97 bits per heavy atom. The van der Waals surface area contributed by atoms with Crippen LogP contribution in [0.5, 0.6) is 11.5 Å². The zero-order valence-corrected chi connectivity index (χ0v) is 19.3. The van der Waals surface area contributed by atoms with E-state index in [1.807, 2.05) is 50.8 Å². The topological polar surface area (TPSA) is 71.1 Å². The maximum absolute atomic E-state index is 12.8. The number of benzene rings is 1. The summed E-state index contributed by atoms with van der Waals surface area (Å²) in [6, 6.07) is 5.53. The first kappa shape index (κ1) is 23.2. The van der Waals surface area contributed by atoms with Gasteiger partial charge < -0.3 is 24.6 Å². The number of urea groups is 1. The summed E-state index contributed by atoms with van der Waals surface area (Å²) in [6.07, 6.45) is 0.690. The highest BCUT2D eigenvalue weighted by atomic mass is 32.2. The van der Waals surface area contributed by atoms with Crippen LogP contribution < -0.4 is 14.8 Å². The van der Waals surface area contributed by atoms with E-state index in [1.165, 1.54) is 0 Å². The normalized spacial score (nSPS) is 19.3. The van der Waals surface area contributed by atoms with Crippen molar-refractivity contribution in [1.29, 1.82) is 0 Å². The number of nitrogens with zero attached hydrogens (tertiary/aromatic N) is 2. The summed E-state index contributed by atoms with van der Waals surface area (Å²) in [4.78, 5) is 28.6. The van der Waals surface area contributed by atoms with Crippen molar-refractivity contribution in [2.45, 2.75) is 50.3 Å². The minimum Gasteiger partial charge on any atom is -0.497 e. The molecule has 1 fully saturated rings. The molecule has 1 aliphatic rings. The monoisotopic (exact) mass is 423 g/mol. The van der Waals surface area contributed by atoms with Crippen LogP contribution in [0.4, 0.5) is 4.79 Å². The zero-order chi connectivity index (χ0) is 21.8. The van der Waals surface area contributed by atoms with E-state index in [9.17, 15) is 9.59 Å². The Hall–Kier alpha value is -2.09. The van der Waals surface area contributed by atoms with Crippen molar-refractivity contribution < 1.29 is 19.1 Å². The first-order valence-corrected chi connectivity index (χ1v) is 10.7. The third-order valence-electron chi connectivity index (χ3n) is 4.67. The molecule has 7 nitrogen and oxygen atoms in total. The molecule has 8 heteroatoms. The summed E-state index contributed by atoms with van der Waals surface area (Å²) >= 11 is 1.60. The Balaban J connectivity index is 2.08. The molecule has 1 aliphatic heterocycles. The quantitative estimate of drug-likeness (QED) is 0.727. The van der Waals surface area contributed by atoms with Crippen LogP contribution in [0.25, 0.3) is 0 Å². The molecule has 0 unspecified atom stereocenters. The van der Waals surface area contributed by atoms with Gasteiger partial charge in [-0.1, -0.05) is 0 Å². The number of carbonyl (C=O) groups is 2. The van der Waals surface area contributed by atoms with Crippen LogP contribution in [0, 0.1) is 0 Å². The summed E-state index contributed by atoms with van der Waals surface area (Å²) in [5.74, 6) is 1.57. The second-order valence-corrected chi connectivity index (χ2v) is 9.65. The smallest absolute Gasteiger partial charge is 0.317 e. The van der Waals surface area contributed by atoms with Crippen molar-refractivity contribution >= 4 is 23.7 Å². The third-order valence-corrected chi connectivity index (χ3v) is 6.05. The lowest BCUT2D eigenvalue weighted by Crippen LogP contribution is -2.47. The van der Waals surface area contributed by atoms with Gasteiger partial charge in [0.05, 0.1) is 19.5 Å². The number of carbonyl (C=O) groups excluding carboxylic acids is 2. The van der Waals surface area contributed by atoms with E-state index >= 15 is 0 Å². The molecule has 29 heavy (non-hydrogen) atoms. The number of methoxy groups -OCH3 is 2. The summed E-state index contributed by atoms with van der Waals surface area (Å²) in [7, 11) is 5.02. The second kappa shape index (κ2) is 9.61. The largest absolute Gasteiger partial charge is 0.497 e. The maximum atomic E-state index is 12.8. The average molecular weight is 424 g/mol. The number of hydrogen-bond donors (Lipinski definition) is 1. The van der Waals surface area contributed by atoms with Crippen molar-refractivity contribution in [3.8, 4) is 11.5 Å². The molecule has 0 aromatic heterocycles. The van der Waals surface area contributed by atoms with Crippen LogP contribution >= 0.6 is 11.8 Å². The minimum absolute atomic E-state index is 0.103. The highest BCUT2D eigenvalue weighted by Gasteiger charge is 2.39. The van der Waals surface area contributed by atoms with Crippen molar-refractivity contribution in [1.82, 2.24) is 15.1 Å². The van der Waals surface area contributed by atoms with Crippen molar-refractivity contribution in [2.75, 3.05) is 34.4 Å². The lowest BCUT2D eigenvalue weighted by Gasteiger charge is -2.28. The Labute approximate surface area is 178 Å². The summed E-state index contributed by atoms with van der Waals surface area (Å²) in [5.41, 5.74) is 0.643. The van der Waals surface area contributed by atoms with Crippen LogP contribution in [0.15, 0.2) is 18.2 Å². The van der Waals surface area contributed by atoms with Crippen LogP contribution in [-0.4, -0.2) is 66.9 Å². The highest BCUT2D eigenvalue weighted by Crippen LogP contribution is 2.46. The summed E-state index contributed by atoms with van der Waals surface area (Å²) in [5, 5.41) is 2.68. The number of thioether (sulfide) groups is 1. The summed E-state index contributed by atoms with van der Waals surface area (Å²) < 4.78 is 10.9. The van der Waals surface area contributed by atoms with Crippen molar-refractivity contribution in [2.24, 2.45) is 0 Å². The van der Waals surface area contributed by atoms with E-state index < -0.39 is 0 Å². The Bertz CT molecular complexity index is 735. The van der Waals surface area contributed by atoms with Gasteiger partial charge in [0, 0.05) is 31.2 Å². The zero-order valence-electron chi connectivity index (χ0n) is 18.4. The number of amides is 3. The standard InChI is InChI=1S/C21H33N3O4S/c1-14-18(25)24(12-8-11-23(5)20(26)22-21(2,3)4)19(29-14)16-13-15(27-6)9-10-17(16)28-7/h9-10,13-14,19H,8,11-12H2,1-7H3,(H,22,26)/t14-,19-/m1/s1. The first-order chi connectivity index (χ1) is 13.6. The van der Waals surface area contributed by atoms with E-state index in [4.69, 9.17) is 9.47 Å². The van der Waals surface area contributed by atoms with Gasteiger partial charge in [0.2, 0.25) is 5.91 Å².